The summed E-state index contributed by atoms with van der Waals surface area (Å²) in [5.41, 5.74) is 3.89. The zero-order valence-electron chi connectivity index (χ0n) is 9.70. The van der Waals surface area contributed by atoms with E-state index < -0.39 is 0 Å². The van der Waals surface area contributed by atoms with E-state index in [0.717, 1.165) is 22.4 Å². The van der Waals surface area contributed by atoms with Crippen molar-refractivity contribution in [3.8, 4) is 0 Å². The summed E-state index contributed by atoms with van der Waals surface area (Å²) in [4.78, 5) is 0. The van der Waals surface area contributed by atoms with E-state index in [4.69, 9.17) is 0 Å². The lowest BCUT2D eigenvalue weighted by atomic mass is 9.99. The van der Waals surface area contributed by atoms with Crippen LogP contribution in [0.4, 0.5) is 10.1 Å². The Morgan fingerprint density at radius 3 is 2.41 bits per heavy atom. The van der Waals surface area contributed by atoms with Crippen LogP contribution >= 0.6 is 0 Å². The molecule has 0 fully saturated rings. The molecule has 0 heterocycles. The Kier molecular flexibility index (Phi) is 3.24. The minimum Gasteiger partial charge on any atom is -0.388 e. The Balaban J connectivity index is 2.33. The van der Waals surface area contributed by atoms with Crippen molar-refractivity contribution < 1.29 is 4.39 Å². The SMILES string of the molecule is C=C(c1ccc(F)cc1)c1cccc(NC)c1. The van der Waals surface area contributed by atoms with E-state index in [9.17, 15) is 4.39 Å². The summed E-state index contributed by atoms with van der Waals surface area (Å²) in [6.45, 7) is 4.05. The number of nitrogens with one attached hydrogen (secondary N) is 1. The van der Waals surface area contributed by atoms with Crippen LogP contribution in [0.25, 0.3) is 5.57 Å². The summed E-state index contributed by atoms with van der Waals surface area (Å²) in [5, 5.41) is 3.08. The molecular formula is C15H14FN. The van der Waals surface area contributed by atoms with Crippen LogP contribution in [-0.2, 0) is 0 Å². The van der Waals surface area contributed by atoms with Gasteiger partial charge in [0.25, 0.3) is 0 Å². The van der Waals surface area contributed by atoms with Crippen LogP contribution in [0, 0.1) is 5.82 Å². The lowest BCUT2D eigenvalue weighted by Gasteiger charge is -2.08. The van der Waals surface area contributed by atoms with Gasteiger partial charge in [-0.3, -0.25) is 0 Å². The van der Waals surface area contributed by atoms with Gasteiger partial charge in [0.05, 0.1) is 0 Å². The topological polar surface area (TPSA) is 12.0 Å². The standard InChI is InChI=1S/C15H14FN/c1-11(12-6-8-14(16)9-7-12)13-4-3-5-15(10-13)17-2/h3-10,17H,1H2,2H3. The van der Waals surface area contributed by atoms with Gasteiger partial charge in [-0.25, -0.2) is 4.39 Å². The molecule has 0 aliphatic heterocycles. The highest BCUT2D eigenvalue weighted by atomic mass is 19.1. The van der Waals surface area contributed by atoms with Crippen LogP contribution in [0.15, 0.2) is 55.1 Å². The second-order valence-electron chi connectivity index (χ2n) is 3.82. The molecular weight excluding hydrogens is 213 g/mol. The molecule has 0 radical (unpaired) electrons. The lowest BCUT2D eigenvalue weighted by Crippen LogP contribution is -1.91. The number of rotatable bonds is 3. The first-order chi connectivity index (χ1) is 8.20. The van der Waals surface area contributed by atoms with Crippen LogP contribution in [0.3, 0.4) is 0 Å². The molecule has 17 heavy (non-hydrogen) atoms. The van der Waals surface area contributed by atoms with E-state index in [1.807, 2.05) is 31.3 Å². The molecule has 0 aromatic heterocycles. The Labute approximate surface area is 101 Å². The van der Waals surface area contributed by atoms with Gasteiger partial charge in [0.1, 0.15) is 5.82 Å². The molecule has 2 rings (SSSR count). The van der Waals surface area contributed by atoms with Crippen molar-refractivity contribution >= 4 is 11.3 Å². The average molecular weight is 227 g/mol. The molecule has 1 nitrogen and oxygen atoms in total. The zero-order chi connectivity index (χ0) is 12.3. The Morgan fingerprint density at radius 2 is 1.76 bits per heavy atom. The largest absolute Gasteiger partial charge is 0.388 e. The monoisotopic (exact) mass is 227 g/mol. The van der Waals surface area contributed by atoms with Gasteiger partial charge in [-0.1, -0.05) is 30.8 Å². The summed E-state index contributed by atoms with van der Waals surface area (Å²) in [5.74, 6) is -0.231. The molecule has 0 amide bonds. The maximum atomic E-state index is 12.8. The molecule has 0 spiro atoms. The predicted octanol–water partition coefficient (Wildman–Crippen LogP) is 3.93. The number of hydrogen-bond acceptors (Lipinski definition) is 1. The van der Waals surface area contributed by atoms with Crippen molar-refractivity contribution in [2.75, 3.05) is 12.4 Å². The summed E-state index contributed by atoms with van der Waals surface area (Å²) in [6, 6.07) is 14.3. The van der Waals surface area contributed by atoms with Gasteiger partial charge in [0.15, 0.2) is 0 Å². The fraction of sp³-hybridized carbons (Fsp3) is 0.0667. The maximum Gasteiger partial charge on any atom is 0.123 e. The second-order valence-corrected chi connectivity index (χ2v) is 3.82. The van der Waals surface area contributed by atoms with Crippen molar-refractivity contribution in [3.63, 3.8) is 0 Å². The van der Waals surface area contributed by atoms with Gasteiger partial charge in [0.2, 0.25) is 0 Å². The highest BCUT2D eigenvalue weighted by molar-refractivity contribution is 5.79. The number of hydrogen-bond donors (Lipinski definition) is 1. The zero-order valence-corrected chi connectivity index (χ0v) is 9.70. The van der Waals surface area contributed by atoms with E-state index in [-0.39, 0.29) is 5.82 Å². The van der Waals surface area contributed by atoms with Gasteiger partial charge in [-0.15, -0.1) is 0 Å². The van der Waals surface area contributed by atoms with Gasteiger partial charge < -0.3 is 5.32 Å². The first-order valence-corrected chi connectivity index (χ1v) is 5.44. The summed E-state index contributed by atoms with van der Waals surface area (Å²) >= 11 is 0. The molecule has 2 aromatic rings. The molecule has 0 atom stereocenters. The van der Waals surface area contributed by atoms with Gasteiger partial charge in [0, 0.05) is 12.7 Å². The Morgan fingerprint density at radius 1 is 1.06 bits per heavy atom. The fourth-order valence-corrected chi connectivity index (χ4v) is 1.68. The number of halogens is 1. The van der Waals surface area contributed by atoms with Crippen LogP contribution in [0.1, 0.15) is 11.1 Å². The normalized spacial score (nSPS) is 10.0. The minimum absolute atomic E-state index is 0.231. The summed E-state index contributed by atoms with van der Waals surface area (Å²) in [6.07, 6.45) is 0. The molecule has 1 N–H and O–H groups in total. The molecule has 0 aliphatic rings. The van der Waals surface area contributed by atoms with E-state index >= 15 is 0 Å². The quantitative estimate of drug-likeness (QED) is 0.837. The van der Waals surface area contributed by atoms with Crippen molar-refractivity contribution in [3.05, 3.63) is 72.1 Å². The Hall–Kier alpha value is -2.09. The van der Waals surface area contributed by atoms with Crippen molar-refractivity contribution in [2.45, 2.75) is 0 Å². The third-order valence-electron chi connectivity index (χ3n) is 2.69. The first kappa shape index (κ1) is 11.4. The smallest absolute Gasteiger partial charge is 0.123 e. The number of benzene rings is 2. The van der Waals surface area contributed by atoms with E-state index in [2.05, 4.69) is 11.9 Å². The molecule has 0 unspecified atom stereocenters. The third-order valence-corrected chi connectivity index (χ3v) is 2.69. The first-order valence-electron chi connectivity index (χ1n) is 5.44. The van der Waals surface area contributed by atoms with E-state index in [0.29, 0.717) is 0 Å². The lowest BCUT2D eigenvalue weighted by molar-refractivity contribution is 0.627. The van der Waals surface area contributed by atoms with Gasteiger partial charge >= 0.3 is 0 Å². The highest BCUT2D eigenvalue weighted by Crippen LogP contribution is 2.23. The van der Waals surface area contributed by atoms with Crippen LogP contribution in [0.5, 0.6) is 0 Å². The van der Waals surface area contributed by atoms with Crippen LogP contribution in [-0.4, -0.2) is 7.05 Å². The summed E-state index contributed by atoms with van der Waals surface area (Å²) < 4.78 is 12.8. The molecule has 0 bridgehead atoms. The minimum atomic E-state index is -0.231. The molecule has 2 aromatic carbocycles. The molecule has 2 heteroatoms. The molecule has 0 saturated heterocycles. The summed E-state index contributed by atoms with van der Waals surface area (Å²) in [7, 11) is 1.87. The van der Waals surface area contributed by atoms with Gasteiger partial charge in [-0.05, 0) is 41.0 Å². The molecule has 0 aliphatic carbocycles. The van der Waals surface area contributed by atoms with Crippen molar-refractivity contribution in [1.29, 1.82) is 0 Å². The maximum absolute atomic E-state index is 12.8. The fourth-order valence-electron chi connectivity index (χ4n) is 1.68. The number of anilines is 1. The average Bonchev–Trinajstić information content (AvgIpc) is 2.39. The van der Waals surface area contributed by atoms with Crippen molar-refractivity contribution in [1.82, 2.24) is 0 Å². The predicted molar refractivity (Wildman–Crippen MR) is 70.5 cm³/mol. The second kappa shape index (κ2) is 4.83. The molecule has 86 valence electrons. The highest BCUT2D eigenvalue weighted by Gasteiger charge is 2.03. The Bertz CT molecular complexity index is 529. The van der Waals surface area contributed by atoms with Crippen LogP contribution < -0.4 is 5.32 Å². The van der Waals surface area contributed by atoms with E-state index in [1.54, 1.807) is 12.1 Å². The van der Waals surface area contributed by atoms with Crippen molar-refractivity contribution in [2.24, 2.45) is 0 Å². The van der Waals surface area contributed by atoms with Crippen LogP contribution in [0.2, 0.25) is 0 Å². The third kappa shape index (κ3) is 2.53. The van der Waals surface area contributed by atoms with E-state index in [1.165, 1.54) is 12.1 Å². The molecule has 0 saturated carbocycles. The van der Waals surface area contributed by atoms with Gasteiger partial charge in [-0.2, -0.15) is 0 Å².